The second kappa shape index (κ2) is 8.46. The van der Waals surface area contributed by atoms with Crippen LogP contribution >= 0.6 is 0 Å². The van der Waals surface area contributed by atoms with Gasteiger partial charge >= 0.3 is 0 Å². The topological polar surface area (TPSA) is 49.3 Å². The van der Waals surface area contributed by atoms with Crippen LogP contribution in [0.2, 0.25) is 0 Å². The van der Waals surface area contributed by atoms with E-state index in [1.165, 1.54) is 11.1 Å². The van der Waals surface area contributed by atoms with Crippen LogP contribution < -0.4 is 4.90 Å². The minimum atomic E-state index is 0.150. The maximum atomic E-state index is 12.1. The second-order valence-electron chi connectivity index (χ2n) is 8.37. The summed E-state index contributed by atoms with van der Waals surface area (Å²) in [7, 11) is 1.83. The molecule has 5 nitrogen and oxygen atoms in total. The van der Waals surface area contributed by atoms with E-state index in [0.29, 0.717) is 12.3 Å². The van der Waals surface area contributed by atoms with Crippen molar-refractivity contribution >= 4 is 17.8 Å². The molecule has 0 saturated carbocycles. The van der Waals surface area contributed by atoms with Crippen LogP contribution in [0, 0.1) is 6.92 Å². The Morgan fingerprint density at radius 2 is 1.86 bits per heavy atom. The average molecular weight is 391 g/mol. The highest BCUT2D eigenvalue weighted by Gasteiger charge is 2.28. The number of rotatable bonds is 4. The van der Waals surface area contributed by atoms with E-state index in [4.69, 9.17) is 9.97 Å². The molecule has 1 aromatic heterocycles. The molecule has 0 N–H and O–H groups in total. The number of nitrogens with zero attached hydrogens (tertiary/aromatic N) is 4. The lowest BCUT2D eigenvalue weighted by molar-refractivity contribution is -0.118. The lowest BCUT2D eigenvalue weighted by atomic mass is 9.94. The Kier molecular flexibility index (Phi) is 5.76. The molecule has 0 bridgehead atoms. The summed E-state index contributed by atoms with van der Waals surface area (Å²) in [6.45, 7) is 7.38. The first-order chi connectivity index (χ1) is 14.0. The zero-order valence-corrected chi connectivity index (χ0v) is 17.7. The number of aromatic nitrogens is 2. The fourth-order valence-electron chi connectivity index (χ4n) is 4.45. The van der Waals surface area contributed by atoms with Gasteiger partial charge in [0, 0.05) is 37.2 Å². The van der Waals surface area contributed by atoms with E-state index in [2.05, 4.69) is 55.2 Å². The van der Waals surface area contributed by atoms with Crippen LogP contribution in [0.25, 0.3) is 6.08 Å². The number of anilines is 1. The second-order valence-corrected chi connectivity index (χ2v) is 8.37. The first-order valence-corrected chi connectivity index (χ1v) is 10.6. The number of aryl methyl sites for hydroxylation is 1. The molecule has 2 aliphatic rings. The Bertz CT molecular complexity index is 914. The van der Waals surface area contributed by atoms with Gasteiger partial charge in [0.2, 0.25) is 5.91 Å². The van der Waals surface area contributed by atoms with Gasteiger partial charge in [-0.15, -0.1) is 0 Å². The third-order valence-corrected chi connectivity index (χ3v) is 6.13. The van der Waals surface area contributed by atoms with Crippen LogP contribution in [0.15, 0.2) is 35.9 Å². The summed E-state index contributed by atoms with van der Waals surface area (Å²) in [4.78, 5) is 26.0. The molecule has 1 fully saturated rings. The van der Waals surface area contributed by atoms with Gasteiger partial charge in [-0.3, -0.25) is 14.6 Å². The molecular formula is C24H30N4O. The molecule has 3 heterocycles. The van der Waals surface area contributed by atoms with Crippen molar-refractivity contribution in [1.29, 1.82) is 0 Å². The monoisotopic (exact) mass is 390 g/mol. The molecule has 0 radical (unpaired) electrons. The summed E-state index contributed by atoms with van der Waals surface area (Å²) in [6.07, 6.45) is 5.72. The van der Waals surface area contributed by atoms with Gasteiger partial charge in [-0.2, -0.15) is 0 Å². The molecule has 5 heteroatoms. The number of fused-ring (bicyclic) bond motifs is 1. The van der Waals surface area contributed by atoms with Crippen molar-refractivity contribution in [2.45, 2.75) is 45.4 Å². The minimum absolute atomic E-state index is 0.150. The first kappa shape index (κ1) is 19.8. The summed E-state index contributed by atoms with van der Waals surface area (Å²) in [5, 5.41) is 0. The number of carbonyl (C=O) groups is 1. The quantitative estimate of drug-likeness (QED) is 0.792. The normalized spacial score (nSPS) is 18.8. The molecule has 1 amide bonds. The summed E-state index contributed by atoms with van der Waals surface area (Å²) in [6, 6.07) is 10.5. The number of carbonyl (C=O) groups excluding carboxylic acids is 1. The number of hydrogen-bond acceptors (Lipinski definition) is 4. The number of likely N-dealkylation sites (tertiary alicyclic amines) is 1. The molecule has 4 rings (SSSR count). The SMILES string of the molecule is C/C(=C\c1ccccc1)CN1CCC(c2nc(C)c3c(n2)N(C)C(=O)CC3)CC1. The van der Waals surface area contributed by atoms with Crippen molar-refractivity contribution < 1.29 is 4.79 Å². The predicted molar refractivity (Wildman–Crippen MR) is 117 cm³/mol. The van der Waals surface area contributed by atoms with Gasteiger partial charge in [0.15, 0.2) is 0 Å². The van der Waals surface area contributed by atoms with Crippen molar-refractivity contribution in [3.05, 3.63) is 58.6 Å². The number of benzene rings is 1. The van der Waals surface area contributed by atoms with Crippen molar-refractivity contribution in [2.75, 3.05) is 31.6 Å². The molecule has 0 aliphatic carbocycles. The molecule has 29 heavy (non-hydrogen) atoms. The van der Waals surface area contributed by atoms with E-state index >= 15 is 0 Å². The van der Waals surface area contributed by atoms with Crippen LogP contribution in [0.1, 0.15) is 54.7 Å². The Hall–Kier alpha value is -2.53. The average Bonchev–Trinajstić information content (AvgIpc) is 2.72. The zero-order valence-electron chi connectivity index (χ0n) is 17.7. The van der Waals surface area contributed by atoms with E-state index in [-0.39, 0.29) is 5.91 Å². The molecule has 152 valence electrons. The van der Waals surface area contributed by atoms with E-state index in [1.807, 2.05) is 7.05 Å². The Balaban J connectivity index is 1.41. The number of amides is 1. The van der Waals surface area contributed by atoms with Crippen LogP contribution in [0.5, 0.6) is 0 Å². The van der Waals surface area contributed by atoms with Crippen molar-refractivity contribution in [3.8, 4) is 0 Å². The molecule has 0 spiro atoms. The maximum absolute atomic E-state index is 12.1. The van der Waals surface area contributed by atoms with Gasteiger partial charge in [-0.25, -0.2) is 9.97 Å². The summed E-state index contributed by atoms with van der Waals surface area (Å²) in [5.74, 6) is 2.27. The molecule has 2 aromatic rings. The van der Waals surface area contributed by atoms with Gasteiger partial charge in [-0.05, 0) is 51.8 Å². The van der Waals surface area contributed by atoms with Crippen LogP contribution in [0.4, 0.5) is 5.82 Å². The van der Waals surface area contributed by atoms with Gasteiger partial charge in [0.05, 0.1) is 0 Å². The van der Waals surface area contributed by atoms with E-state index in [1.54, 1.807) is 4.90 Å². The zero-order chi connectivity index (χ0) is 20.4. The van der Waals surface area contributed by atoms with Crippen molar-refractivity contribution in [1.82, 2.24) is 14.9 Å². The van der Waals surface area contributed by atoms with Crippen LogP contribution in [-0.2, 0) is 11.2 Å². The summed E-state index contributed by atoms with van der Waals surface area (Å²) < 4.78 is 0. The molecule has 1 aromatic carbocycles. The third-order valence-electron chi connectivity index (χ3n) is 6.13. The Labute approximate surface area is 173 Å². The molecule has 0 unspecified atom stereocenters. The van der Waals surface area contributed by atoms with Crippen molar-refractivity contribution in [2.24, 2.45) is 0 Å². The maximum Gasteiger partial charge on any atom is 0.228 e. The summed E-state index contributed by atoms with van der Waals surface area (Å²) >= 11 is 0. The standard InChI is InChI=1S/C24H30N4O/c1-17(15-19-7-5-4-6-8-19)16-28-13-11-20(12-14-28)23-25-18(2)21-9-10-22(29)27(3)24(21)26-23/h4-8,15,20H,9-14,16H2,1-3H3/b17-15+. The number of piperidine rings is 1. The van der Waals surface area contributed by atoms with E-state index < -0.39 is 0 Å². The van der Waals surface area contributed by atoms with Crippen molar-refractivity contribution in [3.63, 3.8) is 0 Å². The smallest absolute Gasteiger partial charge is 0.228 e. The van der Waals surface area contributed by atoms with E-state index in [0.717, 1.165) is 61.8 Å². The van der Waals surface area contributed by atoms with Gasteiger partial charge in [-0.1, -0.05) is 42.0 Å². The summed E-state index contributed by atoms with van der Waals surface area (Å²) in [5.41, 5.74) is 4.82. The van der Waals surface area contributed by atoms with Crippen LogP contribution in [0.3, 0.4) is 0 Å². The van der Waals surface area contributed by atoms with Gasteiger partial charge in [0.1, 0.15) is 11.6 Å². The van der Waals surface area contributed by atoms with Crippen LogP contribution in [-0.4, -0.2) is 47.5 Å². The highest BCUT2D eigenvalue weighted by molar-refractivity contribution is 5.94. The number of hydrogen-bond donors (Lipinski definition) is 0. The highest BCUT2D eigenvalue weighted by Crippen LogP contribution is 2.32. The predicted octanol–water partition coefficient (Wildman–Crippen LogP) is 3.98. The van der Waals surface area contributed by atoms with E-state index in [9.17, 15) is 4.79 Å². The largest absolute Gasteiger partial charge is 0.300 e. The molecule has 1 saturated heterocycles. The molecular weight excluding hydrogens is 360 g/mol. The molecule has 2 aliphatic heterocycles. The lowest BCUT2D eigenvalue weighted by Gasteiger charge is -2.32. The third kappa shape index (κ3) is 4.40. The first-order valence-electron chi connectivity index (χ1n) is 10.6. The fraction of sp³-hybridized carbons (Fsp3) is 0.458. The van der Waals surface area contributed by atoms with Gasteiger partial charge < -0.3 is 0 Å². The fourth-order valence-corrected chi connectivity index (χ4v) is 4.45. The minimum Gasteiger partial charge on any atom is -0.300 e. The Morgan fingerprint density at radius 3 is 2.59 bits per heavy atom. The Morgan fingerprint density at radius 1 is 1.14 bits per heavy atom. The molecule has 0 atom stereocenters. The van der Waals surface area contributed by atoms with Gasteiger partial charge in [0.25, 0.3) is 0 Å². The lowest BCUT2D eigenvalue weighted by Crippen LogP contribution is -2.36. The highest BCUT2D eigenvalue weighted by atomic mass is 16.2.